The molecule has 3 heteroatoms. The first kappa shape index (κ1) is 15.5. The fourth-order valence-corrected chi connectivity index (χ4v) is 2.63. The second-order valence-electron chi connectivity index (χ2n) is 5.11. The summed E-state index contributed by atoms with van der Waals surface area (Å²) in [6.07, 6.45) is 2.39. The van der Waals surface area contributed by atoms with Gasteiger partial charge in [-0.3, -0.25) is 0 Å². The Bertz CT molecular complexity index is 540. The van der Waals surface area contributed by atoms with Gasteiger partial charge in [0.05, 0.1) is 0 Å². The summed E-state index contributed by atoms with van der Waals surface area (Å²) in [7, 11) is 0. The summed E-state index contributed by atoms with van der Waals surface area (Å²) in [5.41, 5.74) is 1.35. The lowest BCUT2D eigenvalue weighted by Gasteiger charge is -2.07. The van der Waals surface area contributed by atoms with Crippen molar-refractivity contribution in [2.45, 2.75) is 26.3 Å². The van der Waals surface area contributed by atoms with Gasteiger partial charge in [0.1, 0.15) is 0 Å². The molecule has 108 valence electrons. The minimum absolute atomic E-state index is 0.944. The average Bonchev–Trinajstić information content (AvgIpc) is 2.46. The van der Waals surface area contributed by atoms with Crippen LogP contribution >= 0.6 is 15.9 Å². The lowest BCUT2D eigenvalue weighted by molar-refractivity contribution is 0.592. The van der Waals surface area contributed by atoms with E-state index in [2.05, 4.69) is 69.9 Å². The van der Waals surface area contributed by atoms with Crippen LogP contribution < -0.4 is 10.6 Å². The third-order valence-corrected chi connectivity index (χ3v) is 3.82. The van der Waals surface area contributed by atoms with E-state index in [4.69, 9.17) is 0 Å². The van der Waals surface area contributed by atoms with Gasteiger partial charge in [0, 0.05) is 11.0 Å². The predicted octanol–water partition coefficient (Wildman–Crippen LogP) is 4.08. The summed E-state index contributed by atoms with van der Waals surface area (Å²) in [5.74, 6) is 0. The van der Waals surface area contributed by atoms with Gasteiger partial charge in [-0.25, -0.2) is 0 Å². The molecule has 0 aliphatic carbocycles. The second-order valence-corrected chi connectivity index (χ2v) is 6.02. The van der Waals surface area contributed by atoms with Gasteiger partial charge in [-0.1, -0.05) is 41.1 Å². The topological polar surface area (TPSA) is 24.1 Å². The molecular formula is C17H23BrN2. The molecule has 0 saturated heterocycles. The highest BCUT2D eigenvalue weighted by atomic mass is 79.9. The van der Waals surface area contributed by atoms with E-state index >= 15 is 0 Å². The number of benzene rings is 2. The van der Waals surface area contributed by atoms with Crippen LogP contribution in [0.25, 0.3) is 10.8 Å². The Kier molecular flexibility index (Phi) is 6.51. The van der Waals surface area contributed by atoms with Crippen LogP contribution in [0.15, 0.2) is 40.9 Å². The molecule has 0 saturated carbocycles. The van der Waals surface area contributed by atoms with Crippen LogP contribution in [0, 0.1) is 0 Å². The van der Waals surface area contributed by atoms with Gasteiger partial charge in [-0.05, 0) is 67.0 Å². The van der Waals surface area contributed by atoms with E-state index in [1.807, 2.05) is 0 Å². The second kappa shape index (κ2) is 8.40. The number of hydrogen-bond acceptors (Lipinski definition) is 2. The summed E-state index contributed by atoms with van der Waals surface area (Å²) in [6.45, 7) is 6.44. The lowest BCUT2D eigenvalue weighted by atomic mass is 10.1. The Balaban J connectivity index is 1.77. The van der Waals surface area contributed by atoms with Gasteiger partial charge in [0.2, 0.25) is 0 Å². The predicted molar refractivity (Wildman–Crippen MR) is 91.1 cm³/mol. The zero-order valence-corrected chi connectivity index (χ0v) is 13.7. The molecular weight excluding hydrogens is 312 g/mol. The number of nitrogens with one attached hydrogen (secondary N) is 2. The zero-order valence-electron chi connectivity index (χ0n) is 12.1. The summed E-state index contributed by atoms with van der Waals surface area (Å²) in [5, 5.41) is 9.51. The molecule has 2 rings (SSSR count). The summed E-state index contributed by atoms with van der Waals surface area (Å²) < 4.78 is 1.13. The van der Waals surface area contributed by atoms with E-state index in [9.17, 15) is 0 Å². The molecule has 0 fully saturated rings. The first-order chi connectivity index (χ1) is 9.79. The molecule has 2 nitrogen and oxygen atoms in total. The maximum Gasteiger partial charge on any atom is 0.0205 e. The summed E-state index contributed by atoms with van der Waals surface area (Å²) in [6, 6.07) is 13.1. The van der Waals surface area contributed by atoms with Crippen molar-refractivity contribution in [2.75, 3.05) is 19.6 Å². The largest absolute Gasteiger partial charge is 0.317 e. The van der Waals surface area contributed by atoms with Crippen LogP contribution in [0.5, 0.6) is 0 Å². The van der Waals surface area contributed by atoms with Crippen molar-refractivity contribution in [3.8, 4) is 0 Å². The fourth-order valence-electron chi connectivity index (χ4n) is 2.25. The van der Waals surface area contributed by atoms with Crippen molar-refractivity contribution in [1.29, 1.82) is 0 Å². The molecule has 0 heterocycles. The van der Waals surface area contributed by atoms with Crippen molar-refractivity contribution < 1.29 is 0 Å². The van der Waals surface area contributed by atoms with E-state index in [0.717, 1.165) is 30.7 Å². The summed E-state index contributed by atoms with van der Waals surface area (Å²) >= 11 is 3.51. The highest BCUT2D eigenvalue weighted by Crippen LogP contribution is 2.20. The van der Waals surface area contributed by atoms with Crippen molar-refractivity contribution in [3.05, 3.63) is 46.4 Å². The lowest BCUT2D eigenvalue weighted by Crippen LogP contribution is -2.22. The van der Waals surface area contributed by atoms with Crippen LogP contribution in [0.4, 0.5) is 0 Å². The first-order valence-corrected chi connectivity index (χ1v) is 8.18. The molecule has 2 N–H and O–H groups in total. The molecule has 0 aromatic heterocycles. The van der Waals surface area contributed by atoms with Gasteiger partial charge in [-0.15, -0.1) is 0 Å². The van der Waals surface area contributed by atoms with E-state index in [1.54, 1.807) is 0 Å². The van der Waals surface area contributed by atoms with Crippen LogP contribution in [0.3, 0.4) is 0 Å². The smallest absolute Gasteiger partial charge is 0.0205 e. The maximum absolute atomic E-state index is 3.51. The Morgan fingerprint density at radius 1 is 0.900 bits per heavy atom. The number of halogens is 1. The Morgan fingerprint density at radius 2 is 1.65 bits per heavy atom. The van der Waals surface area contributed by atoms with E-state index in [0.29, 0.717) is 0 Å². The number of hydrogen-bond donors (Lipinski definition) is 2. The quantitative estimate of drug-likeness (QED) is 0.710. The molecule has 0 amide bonds. The first-order valence-electron chi connectivity index (χ1n) is 7.39. The van der Waals surface area contributed by atoms with E-state index in [1.165, 1.54) is 29.2 Å². The average molecular weight is 335 g/mol. The van der Waals surface area contributed by atoms with Crippen molar-refractivity contribution in [3.63, 3.8) is 0 Å². The molecule has 0 aliphatic rings. The third kappa shape index (κ3) is 4.89. The standard InChI is InChI=1S/C17H23BrN2/c1-2-8-19-9-3-10-20-13-14-4-5-16-12-17(18)7-6-15(16)11-14/h4-7,11-12,19-20H,2-3,8-10,13H2,1H3. The Hall–Kier alpha value is -0.900. The number of fused-ring (bicyclic) bond motifs is 1. The van der Waals surface area contributed by atoms with Gasteiger partial charge < -0.3 is 10.6 Å². The number of rotatable bonds is 8. The van der Waals surface area contributed by atoms with Crippen molar-refractivity contribution in [1.82, 2.24) is 10.6 Å². The van der Waals surface area contributed by atoms with Gasteiger partial charge in [0.15, 0.2) is 0 Å². The minimum Gasteiger partial charge on any atom is -0.317 e. The minimum atomic E-state index is 0.944. The highest BCUT2D eigenvalue weighted by Gasteiger charge is 1.97. The van der Waals surface area contributed by atoms with Crippen molar-refractivity contribution >= 4 is 26.7 Å². The van der Waals surface area contributed by atoms with Crippen LogP contribution in [-0.4, -0.2) is 19.6 Å². The van der Waals surface area contributed by atoms with Gasteiger partial charge in [-0.2, -0.15) is 0 Å². The van der Waals surface area contributed by atoms with Gasteiger partial charge >= 0.3 is 0 Å². The molecule has 2 aromatic rings. The highest BCUT2D eigenvalue weighted by molar-refractivity contribution is 9.10. The van der Waals surface area contributed by atoms with Gasteiger partial charge in [0.25, 0.3) is 0 Å². The van der Waals surface area contributed by atoms with Crippen molar-refractivity contribution in [2.24, 2.45) is 0 Å². The van der Waals surface area contributed by atoms with E-state index < -0.39 is 0 Å². The maximum atomic E-state index is 3.51. The summed E-state index contributed by atoms with van der Waals surface area (Å²) in [4.78, 5) is 0. The van der Waals surface area contributed by atoms with Crippen LogP contribution in [0.1, 0.15) is 25.3 Å². The molecule has 0 bridgehead atoms. The van der Waals surface area contributed by atoms with Crippen LogP contribution in [-0.2, 0) is 6.54 Å². The normalized spacial score (nSPS) is 11.1. The molecule has 0 spiro atoms. The fraction of sp³-hybridized carbons (Fsp3) is 0.412. The zero-order chi connectivity index (χ0) is 14.2. The molecule has 0 atom stereocenters. The molecule has 0 radical (unpaired) electrons. The Morgan fingerprint density at radius 3 is 2.50 bits per heavy atom. The monoisotopic (exact) mass is 334 g/mol. The van der Waals surface area contributed by atoms with E-state index in [-0.39, 0.29) is 0 Å². The third-order valence-electron chi connectivity index (χ3n) is 3.33. The SMILES string of the molecule is CCCNCCCNCc1ccc2cc(Br)ccc2c1. The molecule has 0 unspecified atom stereocenters. The molecule has 0 aliphatic heterocycles. The molecule has 20 heavy (non-hydrogen) atoms. The molecule has 2 aromatic carbocycles. The Labute approximate surface area is 130 Å². The van der Waals surface area contributed by atoms with Crippen LogP contribution in [0.2, 0.25) is 0 Å².